The molecule has 95 heavy (non-hydrogen) atoms. The Morgan fingerprint density at radius 2 is 0.547 bits per heavy atom. The number of ether oxygens (including phenoxy) is 6. The van der Waals surface area contributed by atoms with Crippen molar-refractivity contribution in [1.29, 1.82) is 0 Å². The maximum Gasteiger partial charge on any atom is 0.463 e. The number of rotatable bonds is 32. The van der Waals surface area contributed by atoms with Gasteiger partial charge in [-0.05, 0) is 139 Å². The van der Waals surface area contributed by atoms with Gasteiger partial charge < -0.3 is 46.5 Å². The first-order valence-electron chi connectivity index (χ1n) is 33.2. The van der Waals surface area contributed by atoms with Crippen molar-refractivity contribution < 1.29 is 74.7 Å². The number of hydrogen-bond acceptors (Lipinski definition) is 16. The SMILES string of the molecule is C=C(C)c1cc(OP(OCCOCCOCCOP(Oc2cc(C(C)(C)C)c(CCC(=O)OC)cc2C(C)(C)C)Oc2cc(C(C)(C)C)c(CCC(=O)OC)cc2C(C)(C)C)Oc2cc(C(C)(C)C)c(CCC(=O)OC)cc2C(C)(C)C)c(C(C)(C)C)cc1CCC(=O)OC. The standard InChI is InChI=1S/C77H116O16P2/c1-50(2)55-46-63(59(74(12,13)14)42-51(55)28-32-67(78)82-24)90-94(91-64-47-56(71(3,4)5)52(29-33-68(79)83-25)43-60(64)75(15,16)17)88-40-38-86-36-37-87-39-41-89-95(92-65-48-57(72(6,7)8)53(30-34-69(80)84-26)44-61(65)76(18,19)20)93-66-49-58(73(9,10)11)54(31-35-70(81)85-27)45-62(66)77(21,22)23/h42-49H,1,28-41H2,2-27H3. The first-order chi connectivity index (χ1) is 43.8. The van der Waals surface area contributed by atoms with Crippen LogP contribution in [-0.2, 0) is 120 Å². The van der Waals surface area contributed by atoms with E-state index in [-0.39, 0.29) is 105 Å². The first kappa shape index (κ1) is 81.8. The van der Waals surface area contributed by atoms with Crippen LogP contribution < -0.4 is 18.1 Å². The largest absolute Gasteiger partial charge is 0.469 e. The summed E-state index contributed by atoms with van der Waals surface area (Å²) in [4.78, 5) is 49.9. The molecule has 530 valence electrons. The van der Waals surface area contributed by atoms with Crippen molar-refractivity contribution in [2.75, 3.05) is 68.1 Å². The Balaban J connectivity index is 1.68. The average Bonchev–Trinajstić information content (AvgIpc) is 0.797. The van der Waals surface area contributed by atoms with Gasteiger partial charge in [0.1, 0.15) is 23.0 Å². The summed E-state index contributed by atoms with van der Waals surface area (Å²) in [5.41, 5.74) is 9.92. The zero-order chi connectivity index (χ0) is 71.8. The zero-order valence-electron chi connectivity index (χ0n) is 62.7. The minimum absolute atomic E-state index is 0.108. The Kier molecular flexibility index (Phi) is 29.9. The second-order valence-electron chi connectivity index (χ2n) is 31.6. The second-order valence-corrected chi connectivity index (χ2v) is 33.7. The lowest BCUT2D eigenvalue weighted by Gasteiger charge is -2.32. The second kappa shape index (κ2) is 34.7. The minimum Gasteiger partial charge on any atom is -0.469 e. The van der Waals surface area contributed by atoms with Crippen LogP contribution in [0.25, 0.3) is 5.57 Å². The van der Waals surface area contributed by atoms with E-state index in [1.165, 1.54) is 28.4 Å². The van der Waals surface area contributed by atoms with Gasteiger partial charge in [0, 0.05) is 47.9 Å². The van der Waals surface area contributed by atoms with Crippen molar-refractivity contribution in [2.45, 2.75) is 242 Å². The van der Waals surface area contributed by atoms with Crippen LogP contribution in [0, 0.1) is 0 Å². The van der Waals surface area contributed by atoms with Gasteiger partial charge in [-0.3, -0.25) is 28.2 Å². The summed E-state index contributed by atoms with van der Waals surface area (Å²) in [5, 5.41) is 0. The van der Waals surface area contributed by atoms with Gasteiger partial charge in [0.2, 0.25) is 0 Å². The zero-order valence-corrected chi connectivity index (χ0v) is 64.4. The normalized spacial score (nSPS) is 12.9. The fraction of sp³-hybridized carbons (Fsp3) is 0.610. The van der Waals surface area contributed by atoms with Crippen LogP contribution in [0.15, 0.2) is 55.1 Å². The molecule has 0 saturated carbocycles. The number of carbonyl (C=O) groups excluding carboxylic acids is 4. The van der Waals surface area contributed by atoms with Gasteiger partial charge in [0.15, 0.2) is 0 Å². The van der Waals surface area contributed by atoms with Crippen molar-refractivity contribution in [3.63, 3.8) is 0 Å². The smallest absolute Gasteiger partial charge is 0.463 e. The molecule has 0 radical (unpaired) electrons. The van der Waals surface area contributed by atoms with Crippen molar-refractivity contribution in [3.05, 3.63) is 122 Å². The van der Waals surface area contributed by atoms with E-state index in [0.717, 1.165) is 72.3 Å². The van der Waals surface area contributed by atoms with Crippen LogP contribution in [0.4, 0.5) is 0 Å². The summed E-state index contributed by atoms with van der Waals surface area (Å²) in [7, 11) is 1.30. The van der Waals surface area contributed by atoms with E-state index in [2.05, 4.69) is 194 Å². The highest BCUT2D eigenvalue weighted by atomic mass is 31.2. The number of esters is 4. The van der Waals surface area contributed by atoms with Crippen LogP contribution in [-0.4, -0.2) is 92.0 Å². The maximum absolute atomic E-state index is 12.5. The van der Waals surface area contributed by atoms with E-state index in [0.29, 0.717) is 48.7 Å². The van der Waals surface area contributed by atoms with Gasteiger partial charge in [-0.15, -0.1) is 0 Å². The highest BCUT2D eigenvalue weighted by Crippen LogP contribution is 2.52. The fourth-order valence-electron chi connectivity index (χ4n) is 10.9. The van der Waals surface area contributed by atoms with Crippen LogP contribution >= 0.6 is 17.2 Å². The lowest BCUT2D eigenvalue weighted by Crippen LogP contribution is -2.21. The van der Waals surface area contributed by atoms with Crippen LogP contribution in [0.1, 0.15) is 245 Å². The molecule has 16 nitrogen and oxygen atoms in total. The predicted molar refractivity (Wildman–Crippen MR) is 383 cm³/mol. The van der Waals surface area contributed by atoms with Gasteiger partial charge in [-0.25, -0.2) is 0 Å². The third-order valence-corrected chi connectivity index (χ3v) is 18.3. The lowest BCUT2D eigenvalue weighted by atomic mass is 9.78. The average molecular weight is 1360 g/mol. The summed E-state index contributed by atoms with van der Waals surface area (Å²) in [6.45, 7) is 52.1. The first-order valence-corrected chi connectivity index (χ1v) is 35.4. The molecule has 1 unspecified atom stereocenters. The van der Waals surface area contributed by atoms with E-state index < -0.39 is 38.9 Å². The van der Waals surface area contributed by atoms with Crippen molar-refractivity contribution in [2.24, 2.45) is 0 Å². The van der Waals surface area contributed by atoms with E-state index in [1.807, 2.05) is 13.0 Å². The molecule has 0 fully saturated rings. The number of aryl methyl sites for hydroxylation is 4. The van der Waals surface area contributed by atoms with E-state index >= 15 is 0 Å². The van der Waals surface area contributed by atoms with Crippen LogP contribution in [0.5, 0.6) is 23.0 Å². The summed E-state index contributed by atoms with van der Waals surface area (Å²) in [5.74, 6) is 1.25. The Labute approximate surface area is 573 Å². The van der Waals surface area contributed by atoms with Crippen LogP contribution in [0.2, 0.25) is 0 Å². The number of allylic oxidation sites excluding steroid dienone is 1. The molecule has 0 aromatic heterocycles. The van der Waals surface area contributed by atoms with Gasteiger partial charge in [-0.2, -0.15) is 0 Å². The molecule has 0 aliphatic rings. The molecule has 0 saturated heterocycles. The highest BCUT2D eigenvalue weighted by Gasteiger charge is 2.35. The molecule has 0 bridgehead atoms. The summed E-state index contributed by atoms with van der Waals surface area (Å²) < 4.78 is 73.9. The molecule has 0 spiro atoms. The van der Waals surface area contributed by atoms with Crippen molar-refractivity contribution in [1.82, 2.24) is 0 Å². The van der Waals surface area contributed by atoms with Crippen LogP contribution in [0.3, 0.4) is 0 Å². The number of methoxy groups -OCH3 is 4. The predicted octanol–water partition coefficient (Wildman–Crippen LogP) is 18.4. The van der Waals surface area contributed by atoms with Crippen molar-refractivity contribution in [3.8, 4) is 23.0 Å². The number of benzene rings is 4. The topological polar surface area (TPSA) is 179 Å². The summed E-state index contributed by atoms with van der Waals surface area (Å²) in [6, 6.07) is 16.7. The van der Waals surface area contributed by atoms with Crippen molar-refractivity contribution >= 4 is 46.7 Å². The van der Waals surface area contributed by atoms with Gasteiger partial charge >= 0.3 is 41.1 Å². The molecule has 0 aliphatic carbocycles. The van der Waals surface area contributed by atoms with Gasteiger partial charge in [0.05, 0.1) is 68.1 Å². The molecule has 1 atom stereocenters. The minimum atomic E-state index is -2.17. The molecule has 0 N–H and O–H groups in total. The molecule has 0 aliphatic heterocycles. The van der Waals surface area contributed by atoms with E-state index in [4.69, 9.17) is 55.6 Å². The molecule has 18 heteroatoms. The fourth-order valence-corrected chi connectivity index (χ4v) is 12.9. The van der Waals surface area contributed by atoms with Gasteiger partial charge in [0.25, 0.3) is 0 Å². The molecule has 0 heterocycles. The molecule has 4 rings (SSSR count). The Morgan fingerprint density at radius 3 is 0.779 bits per heavy atom. The molecule has 4 aromatic carbocycles. The molecular formula is C77H116O16P2. The number of carbonyl (C=O) groups is 4. The maximum atomic E-state index is 12.5. The highest BCUT2D eigenvalue weighted by molar-refractivity contribution is 7.42. The molecular weight excluding hydrogens is 1240 g/mol. The monoisotopic (exact) mass is 1360 g/mol. The third-order valence-electron chi connectivity index (χ3n) is 16.2. The Hall–Kier alpha value is -5.60. The van der Waals surface area contributed by atoms with E-state index in [9.17, 15) is 19.2 Å². The quantitative estimate of drug-likeness (QED) is 0.0195. The number of hydrogen-bond donors (Lipinski definition) is 0. The van der Waals surface area contributed by atoms with E-state index in [1.54, 1.807) is 0 Å². The molecule has 4 aromatic rings. The lowest BCUT2D eigenvalue weighted by molar-refractivity contribution is -0.141. The summed E-state index contributed by atoms with van der Waals surface area (Å²) >= 11 is 0. The third kappa shape index (κ3) is 25.3. The van der Waals surface area contributed by atoms with Gasteiger partial charge in [-0.1, -0.05) is 182 Å². The Bertz CT molecular complexity index is 3140. The Morgan fingerprint density at radius 1 is 0.326 bits per heavy atom. The summed E-state index contributed by atoms with van der Waals surface area (Å²) in [6.07, 6.45) is 2.84. The molecule has 0 amide bonds.